The highest BCUT2D eigenvalue weighted by Crippen LogP contribution is 2.08. The number of nitrogens with one attached hydrogen (secondary N) is 5. The summed E-state index contributed by atoms with van der Waals surface area (Å²) in [6, 6.07) is -4.76. The van der Waals surface area contributed by atoms with Gasteiger partial charge in [0.05, 0.1) is 18.8 Å². The Morgan fingerprint density at radius 1 is 1.06 bits per heavy atom. The van der Waals surface area contributed by atoms with E-state index < -0.39 is 72.6 Å². The van der Waals surface area contributed by atoms with E-state index in [4.69, 9.17) is 10.8 Å². The zero-order valence-corrected chi connectivity index (χ0v) is 18.8. The van der Waals surface area contributed by atoms with Crippen LogP contribution in [0.2, 0.25) is 0 Å². The van der Waals surface area contributed by atoms with Gasteiger partial charge >= 0.3 is 11.9 Å². The summed E-state index contributed by atoms with van der Waals surface area (Å²) in [5.74, 6) is -5.99. The maximum Gasteiger partial charge on any atom is 0.326 e. The maximum absolute atomic E-state index is 13.1. The first-order chi connectivity index (χ1) is 16.6. The number of carboxylic acids is 2. The number of carbonyl (C=O) groups excluding carboxylic acids is 4. The first kappa shape index (κ1) is 27.2. The molecule has 9 N–H and O–H groups in total. The highest BCUT2D eigenvalue weighted by Gasteiger charge is 2.32. The molecule has 0 bridgehead atoms. The number of carbonyl (C=O) groups is 6. The Kier molecular flexibility index (Phi) is 10.1. The molecule has 1 aliphatic rings. The van der Waals surface area contributed by atoms with Crippen molar-refractivity contribution >= 4 is 35.6 Å². The van der Waals surface area contributed by atoms with Gasteiger partial charge in [-0.05, 0) is 25.8 Å². The van der Waals surface area contributed by atoms with Crippen molar-refractivity contribution < 1.29 is 39.0 Å². The number of nitrogens with two attached hydrogens (primary N) is 1. The largest absolute Gasteiger partial charge is 0.481 e. The highest BCUT2D eigenvalue weighted by atomic mass is 16.4. The number of amides is 4. The van der Waals surface area contributed by atoms with Crippen molar-refractivity contribution in [3.8, 4) is 0 Å². The molecular formula is C20H29N7O8. The maximum atomic E-state index is 13.1. The number of nitrogens with zero attached hydrogens (tertiary/aromatic N) is 1. The van der Waals surface area contributed by atoms with Crippen LogP contribution < -0.4 is 27.0 Å². The Balaban J connectivity index is 2.17. The van der Waals surface area contributed by atoms with Gasteiger partial charge in [0.2, 0.25) is 23.6 Å². The van der Waals surface area contributed by atoms with Crippen LogP contribution in [0, 0.1) is 0 Å². The molecule has 15 nitrogen and oxygen atoms in total. The van der Waals surface area contributed by atoms with E-state index in [0.29, 0.717) is 18.7 Å². The fraction of sp³-hybridized carbons (Fsp3) is 0.550. The van der Waals surface area contributed by atoms with Crippen molar-refractivity contribution in [3.05, 3.63) is 18.2 Å². The van der Waals surface area contributed by atoms with Gasteiger partial charge in [0.1, 0.15) is 18.1 Å². The number of carboxylic acid groups (broad SMARTS) is 2. The zero-order valence-electron chi connectivity index (χ0n) is 18.8. The van der Waals surface area contributed by atoms with E-state index in [1.54, 1.807) is 0 Å². The van der Waals surface area contributed by atoms with E-state index in [1.165, 1.54) is 12.5 Å². The fourth-order valence-corrected chi connectivity index (χ4v) is 3.49. The minimum absolute atomic E-state index is 0.00299. The third kappa shape index (κ3) is 9.04. The Labute approximate surface area is 199 Å². The van der Waals surface area contributed by atoms with E-state index in [0.717, 1.165) is 6.42 Å². The summed E-state index contributed by atoms with van der Waals surface area (Å²) in [5, 5.41) is 28.3. The lowest BCUT2D eigenvalue weighted by Crippen LogP contribution is -2.57. The van der Waals surface area contributed by atoms with Crippen molar-refractivity contribution in [1.82, 2.24) is 31.2 Å². The number of aromatic nitrogens is 2. The second kappa shape index (κ2) is 13.0. The van der Waals surface area contributed by atoms with Crippen LogP contribution in [0.4, 0.5) is 0 Å². The standard InChI is InChI=1S/C20H29N7O8/c21-15(28)7-14(20(34)35)27-18(32)12(3-4-16(29)30)25-19(33)13(6-10-8-22-9-24-10)26-17(31)11-2-1-5-23-11/h8-9,11-14,23H,1-7H2,(H2,21,28)(H,22,24)(H,25,33)(H,26,31)(H,27,32)(H,29,30)(H,34,35). The number of aromatic amines is 1. The molecule has 0 saturated carbocycles. The average molecular weight is 495 g/mol. The summed E-state index contributed by atoms with van der Waals surface area (Å²) in [6.45, 7) is 0.656. The Bertz CT molecular complexity index is 930. The SMILES string of the molecule is NC(=O)CC(NC(=O)C(CCC(=O)O)NC(=O)C(Cc1cnc[nH]1)NC(=O)C1CCCN1)C(=O)O. The van der Waals surface area contributed by atoms with E-state index in [9.17, 15) is 33.9 Å². The smallest absolute Gasteiger partial charge is 0.326 e. The third-order valence-corrected chi connectivity index (χ3v) is 5.29. The van der Waals surface area contributed by atoms with E-state index in [2.05, 4.69) is 31.2 Å². The van der Waals surface area contributed by atoms with Gasteiger partial charge < -0.3 is 42.2 Å². The highest BCUT2D eigenvalue weighted by molar-refractivity contribution is 5.95. The molecule has 1 aliphatic heterocycles. The lowest BCUT2D eigenvalue weighted by molar-refractivity contribution is -0.144. The molecule has 1 aromatic heterocycles. The van der Waals surface area contributed by atoms with Crippen molar-refractivity contribution in [2.45, 2.75) is 62.7 Å². The van der Waals surface area contributed by atoms with Crippen molar-refractivity contribution in [2.75, 3.05) is 6.54 Å². The second-order valence-corrected chi connectivity index (χ2v) is 8.05. The van der Waals surface area contributed by atoms with Gasteiger partial charge in [-0.1, -0.05) is 0 Å². The lowest BCUT2D eigenvalue weighted by Gasteiger charge is -2.24. The van der Waals surface area contributed by atoms with Gasteiger partial charge in [0.15, 0.2) is 0 Å². The average Bonchev–Trinajstić information content (AvgIpc) is 3.49. The summed E-state index contributed by atoms with van der Waals surface area (Å²) in [6.07, 6.45) is 2.63. The molecule has 2 heterocycles. The molecule has 4 unspecified atom stereocenters. The molecule has 1 fully saturated rings. The first-order valence-electron chi connectivity index (χ1n) is 10.9. The molecule has 1 aromatic rings. The number of rotatable bonds is 14. The number of primary amides is 1. The fourth-order valence-electron chi connectivity index (χ4n) is 3.49. The normalized spacial score (nSPS) is 17.5. The third-order valence-electron chi connectivity index (χ3n) is 5.29. The predicted molar refractivity (Wildman–Crippen MR) is 117 cm³/mol. The van der Waals surface area contributed by atoms with Crippen LogP contribution in [0.3, 0.4) is 0 Å². The molecule has 35 heavy (non-hydrogen) atoms. The molecule has 4 amide bonds. The second-order valence-electron chi connectivity index (χ2n) is 8.05. The van der Waals surface area contributed by atoms with Crippen LogP contribution in [0.25, 0.3) is 0 Å². The van der Waals surface area contributed by atoms with Crippen molar-refractivity contribution in [3.63, 3.8) is 0 Å². The zero-order chi connectivity index (χ0) is 26.0. The monoisotopic (exact) mass is 495 g/mol. The van der Waals surface area contributed by atoms with Crippen LogP contribution in [-0.4, -0.2) is 86.5 Å². The molecule has 0 aliphatic carbocycles. The van der Waals surface area contributed by atoms with Gasteiger partial charge in [0, 0.05) is 24.7 Å². The molecule has 2 rings (SSSR count). The van der Waals surface area contributed by atoms with Gasteiger partial charge in [-0.3, -0.25) is 24.0 Å². The molecule has 0 radical (unpaired) electrons. The first-order valence-corrected chi connectivity index (χ1v) is 10.9. The molecular weight excluding hydrogens is 466 g/mol. The minimum atomic E-state index is -1.67. The van der Waals surface area contributed by atoms with Crippen molar-refractivity contribution in [2.24, 2.45) is 5.73 Å². The van der Waals surface area contributed by atoms with Gasteiger partial charge in [0.25, 0.3) is 0 Å². The number of imidazole rings is 1. The minimum Gasteiger partial charge on any atom is -0.481 e. The van der Waals surface area contributed by atoms with E-state index in [-0.39, 0.29) is 12.8 Å². The van der Waals surface area contributed by atoms with E-state index >= 15 is 0 Å². The molecule has 1 saturated heterocycles. The Hall–Kier alpha value is -4.01. The Morgan fingerprint density at radius 2 is 1.74 bits per heavy atom. The molecule has 4 atom stereocenters. The van der Waals surface area contributed by atoms with E-state index in [1.807, 2.05) is 0 Å². The van der Waals surface area contributed by atoms with Gasteiger partial charge in [-0.25, -0.2) is 9.78 Å². The summed E-state index contributed by atoms with van der Waals surface area (Å²) >= 11 is 0. The summed E-state index contributed by atoms with van der Waals surface area (Å²) < 4.78 is 0. The van der Waals surface area contributed by atoms with Crippen LogP contribution in [0.5, 0.6) is 0 Å². The summed E-state index contributed by atoms with van der Waals surface area (Å²) in [7, 11) is 0. The lowest BCUT2D eigenvalue weighted by atomic mass is 10.1. The van der Waals surface area contributed by atoms with Crippen molar-refractivity contribution in [1.29, 1.82) is 0 Å². The van der Waals surface area contributed by atoms with Crippen LogP contribution in [-0.2, 0) is 35.2 Å². The number of H-pyrrole nitrogens is 1. The van der Waals surface area contributed by atoms with Gasteiger partial charge in [-0.15, -0.1) is 0 Å². The molecule has 0 aromatic carbocycles. The van der Waals surface area contributed by atoms with Crippen LogP contribution >= 0.6 is 0 Å². The van der Waals surface area contributed by atoms with Crippen LogP contribution in [0.15, 0.2) is 12.5 Å². The number of hydrogen-bond donors (Lipinski definition) is 8. The molecule has 15 heteroatoms. The predicted octanol–water partition coefficient (Wildman–Crippen LogP) is -3.02. The van der Waals surface area contributed by atoms with Gasteiger partial charge in [-0.2, -0.15) is 0 Å². The summed E-state index contributed by atoms with van der Waals surface area (Å²) in [4.78, 5) is 78.6. The Morgan fingerprint density at radius 3 is 2.29 bits per heavy atom. The molecule has 192 valence electrons. The number of hydrogen-bond acceptors (Lipinski definition) is 8. The topological polar surface area (TPSA) is 246 Å². The molecule has 0 spiro atoms. The quantitative estimate of drug-likeness (QED) is 0.130. The number of aliphatic carboxylic acids is 2. The summed E-state index contributed by atoms with van der Waals surface area (Å²) in [5.41, 5.74) is 5.53. The van der Waals surface area contributed by atoms with Crippen LogP contribution in [0.1, 0.15) is 37.8 Å².